The van der Waals surface area contributed by atoms with Gasteiger partial charge in [-0.15, -0.1) is 0 Å². The predicted octanol–water partition coefficient (Wildman–Crippen LogP) is 1.89. The Hall–Kier alpha value is -2.81. The van der Waals surface area contributed by atoms with Crippen LogP contribution in [0, 0.1) is 25.2 Å². The van der Waals surface area contributed by atoms with Crippen LogP contribution in [0.1, 0.15) is 22.6 Å². The van der Waals surface area contributed by atoms with Crippen molar-refractivity contribution in [2.24, 2.45) is 0 Å². The second kappa shape index (κ2) is 6.57. The number of anilines is 1. The van der Waals surface area contributed by atoms with Crippen molar-refractivity contribution in [2.75, 3.05) is 11.9 Å². The van der Waals surface area contributed by atoms with E-state index in [9.17, 15) is 4.79 Å². The molecule has 0 atom stereocenters. The lowest BCUT2D eigenvalue weighted by Crippen LogP contribution is -2.29. The van der Waals surface area contributed by atoms with Gasteiger partial charge in [0, 0.05) is 5.69 Å². The summed E-state index contributed by atoms with van der Waals surface area (Å²) < 4.78 is 5.12. The van der Waals surface area contributed by atoms with Crippen molar-refractivity contribution in [3.05, 3.63) is 47.0 Å². The summed E-state index contributed by atoms with van der Waals surface area (Å²) in [4.78, 5) is 16.0. The molecule has 2 aromatic rings. The number of furan rings is 1. The van der Waals surface area contributed by atoms with Crippen LogP contribution >= 0.6 is 0 Å². The molecule has 21 heavy (non-hydrogen) atoms. The number of nitrogens with one attached hydrogen (secondary N) is 2. The number of pyridine rings is 1. The molecule has 0 unspecified atom stereocenters. The van der Waals surface area contributed by atoms with Crippen LogP contribution in [0.4, 0.5) is 5.82 Å². The highest BCUT2D eigenvalue weighted by Gasteiger charge is 2.10. The lowest BCUT2D eigenvalue weighted by atomic mass is 10.1. The van der Waals surface area contributed by atoms with Crippen LogP contribution in [-0.4, -0.2) is 17.4 Å². The first kappa shape index (κ1) is 14.6. The first-order valence-electron chi connectivity index (χ1n) is 6.51. The van der Waals surface area contributed by atoms with Crippen molar-refractivity contribution in [1.29, 1.82) is 5.26 Å². The zero-order chi connectivity index (χ0) is 15.2. The van der Waals surface area contributed by atoms with Gasteiger partial charge in [-0.25, -0.2) is 4.98 Å². The zero-order valence-electron chi connectivity index (χ0n) is 11.9. The Balaban J connectivity index is 1.93. The molecule has 0 fully saturated rings. The molecule has 0 bridgehead atoms. The number of aryl methyl sites for hydroxylation is 2. The molecule has 0 spiro atoms. The molecular formula is C15H16N4O2. The van der Waals surface area contributed by atoms with Gasteiger partial charge in [-0.1, -0.05) is 0 Å². The molecule has 1 amide bonds. The summed E-state index contributed by atoms with van der Waals surface area (Å²) in [5.74, 6) is 0.921. The Morgan fingerprint density at radius 2 is 2.29 bits per heavy atom. The Morgan fingerprint density at radius 3 is 2.95 bits per heavy atom. The van der Waals surface area contributed by atoms with Crippen LogP contribution in [0.2, 0.25) is 0 Å². The maximum absolute atomic E-state index is 11.8. The monoisotopic (exact) mass is 284 g/mol. The van der Waals surface area contributed by atoms with Crippen LogP contribution in [0.3, 0.4) is 0 Å². The number of hydrogen-bond donors (Lipinski definition) is 2. The van der Waals surface area contributed by atoms with E-state index in [1.165, 1.54) is 0 Å². The van der Waals surface area contributed by atoms with Gasteiger partial charge in [-0.05, 0) is 37.6 Å². The Labute approximate surface area is 122 Å². The molecule has 2 heterocycles. The molecular weight excluding hydrogens is 268 g/mol. The van der Waals surface area contributed by atoms with Crippen molar-refractivity contribution in [1.82, 2.24) is 10.3 Å². The minimum atomic E-state index is -0.198. The SMILES string of the molecule is Cc1cc(C)c(C#N)c(NCC(=O)NCc2ccco2)n1. The maximum Gasteiger partial charge on any atom is 0.239 e. The molecule has 108 valence electrons. The highest BCUT2D eigenvalue weighted by Crippen LogP contribution is 2.17. The highest BCUT2D eigenvalue weighted by molar-refractivity contribution is 5.80. The van der Waals surface area contributed by atoms with Crippen molar-refractivity contribution in [2.45, 2.75) is 20.4 Å². The molecule has 0 saturated carbocycles. The minimum absolute atomic E-state index is 0.0469. The molecule has 2 N–H and O–H groups in total. The van der Waals surface area contributed by atoms with Crippen molar-refractivity contribution >= 4 is 11.7 Å². The van der Waals surface area contributed by atoms with E-state index in [0.29, 0.717) is 23.7 Å². The smallest absolute Gasteiger partial charge is 0.239 e. The van der Waals surface area contributed by atoms with E-state index >= 15 is 0 Å². The molecule has 0 aliphatic rings. The third-order valence-corrected chi connectivity index (χ3v) is 2.91. The number of nitriles is 1. The number of hydrogen-bond acceptors (Lipinski definition) is 5. The molecule has 2 rings (SSSR count). The molecule has 6 nitrogen and oxygen atoms in total. The fraction of sp³-hybridized carbons (Fsp3) is 0.267. The van der Waals surface area contributed by atoms with Crippen LogP contribution in [0.25, 0.3) is 0 Å². The Bertz CT molecular complexity index is 672. The first-order chi connectivity index (χ1) is 10.1. The largest absolute Gasteiger partial charge is 0.467 e. The second-order valence-corrected chi connectivity index (χ2v) is 4.63. The summed E-state index contributed by atoms with van der Waals surface area (Å²) >= 11 is 0. The van der Waals surface area contributed by atoms with Gasteiger partial charge in [0.25, 0.3) is 0 Å². The fourth-order valence-corrected chi connectivity index (χ4v) is 1.93. The van der Waals surface area contributed by atoms with E-state index in [4.69, 9.17) is 9.68 Å². The summed E-state index contributed by atoms with van der Waals surface area (Å²) in [6.07, 6.45) is 1.55. The van der Waals surface area contributed by atoms with E-state index in [1.807, 2.05) is 19.9 Å². The molecule has 0 aliphatic heterocycles. The van der Waals surface area contributed by atoms with Crippen LogP contribution in [0.5, 0.6) is 0 Å². The lowest BCUT2D eigenvalue weighted by molar-refractivity contribution is -0.119. The minimum Gasteiger partial charge on any atom is -0.467 e. The van der Waals surface area contributed by atoms with E-state index in [0.717, 1.165) is 11.3 Å². The Morgan fingerprint density at radius 1 is 1.48 bits per heavy atom. The highest BCUT2D eigenvalue weighted by atomic mass is 16.3. The van der Waals surface area contributed by atoms with E-state index in [-0.39, 0.29) is 12.5 Å². The summed E-state index contributed by atoms with van der Waals surface area (Å²) in [5.41, 5.74) is 2.09. The zero-order valence-corrected chi connectivity index (χ0v) is 11.9. The number of nitrogens with zero attached hydrogens (tertiary/aromatic N) is 2. The summed E-state index contributed by atoms with van der Waals surface area (Å²) in [7, 11) is 0. The lowest BCUT2D eigenvalue weighted by Gasteiger charge is -2.10. The summed E-state index contributed by atoms with van der Waals surface area (Å²) in [5, 5.41) is 14.8. The van der Waals surface area contributed by atoms with Gasteiger partial charge >= 0.3 is 0 Å². The normalized spacial score (nSPS) is 9.95. The third-order valence-electron chi connectivity index (χ3n) is 2.91. The molecule has 6 heteroatoms. The average molecular weight is 284 g/mol. The quantitative estimate of drug-likeness (QED) is 0.875. The summed E-state index contributed by atoms with van der Waals surface area (Å²) in [6.45, 7) is 4.07. The number of aromatic nitrogens is 1. The maximum atomic E-state index is 11.8. The van der Waals surface area contributed by atoms with Gasteiger partial charge in [0.05, 0.1) is 24.9 Å². The van der Waals surface area contributed by atoms with Gasteiger partial charge in [0.1, 0.15) is 17.6 Å². The second-order valence-electron chi connectivity index (χ2n) is 4.63. The molecule has 0 aliphatic carbocycles. The van der Waals surface area contributed by atoms with Gasteiger partial charge in [-0.2, -0.15) is 5.26 Å². The number of rotatable bonds is 5. The first-order valence-corrected chi connectivity index (χ1v) is 6.51. The van der Waals surface area contributed by atoms with Crippen LogP contribution in [-0.2, 0) is 11.3 Å². The van der Waals surface area contributed by atoms with Gasteiger partial charge in [-0.3, -0.25) is 4.79 Å². The van der Waals surface area contributed by atoms with E-state index in [1.54, 1.807) is 18.4 Å². The van der Waals surface area contributed by atoms with Gasteiger partial charge < -0.3 is 15.1 Å². The molecule has 0 aromatic carbocycles. The number of carbonyl (C=O) groups is 1. The van der Waals surface area contributed by atoms with Crippen molar-refractivity contribution < 1.29 is 9.21 Å². The standard InChI is InChI=1S/C15H16N4O2/c1-10-6-11(2)19-15(13(10)7-16)18-9-14(20)17-8-12-4-3-5-21-12/h3-6H,8-9H2,1-2H3,(H,17,20)(H,18,19). The molecule has 0 saturated heterocycles. The van der Waals surface area contributed by atoms with Crippen molar-refractivity contribution in [3.8, 4) is 6.07 Å². The summed E-state index contributed by atoms with van der Waals surface area (Å²) in [6, 6.07) is 7.48. The fourth-order valence-electron chi connectivity index (χ4n) is 1.93. The predicted molar refractivity (Wildman–Crippen MR) is 77.5 cm³/mol. The number of carbonyl (C=O) groups excluding carboxylic acids is 1. The van der Waals surface area contributed by atoms with E-state index < -0.39 is 0 Å². The van der Waals surface area contributed by atoms with Crippen molar-refractivity contribution in [3.63, 3.8) is 0 Å². The van der Waals surface area contributed by atoms with Crippen LogP contribution < -0.4 is 10.6 Å². The molecule has 0 radical (unpaired) electrons. The van der Waals surface area contributed by atoms with E-state index in [2.05, 4.69) is 21.7 Å². The average Bonchev–Trinajstić information content (AvgIpc) is 2.95. The van der Waals surface area contributed by atoms with Crippen LogP contribution in [0.15, 0.2) is 28.9 Å². The molecule has 2 aromatic heterocycles. The third kappa shape index (κ3) is 3.83. The number of amides is 1. The van der Waals surface area contributed by atoms with Gasteiger partial charge in [0.2, 0.25) is 5.91 Å². The van der Waals surface area contributed by atoms with Gasteiger partial charge in [0.15, 0.2) is 0 Å². The Kier molecular flexibility index (Phi) is 4.57. The topological polar surface area (TPSA) is 91.0 Å².